The van der Waals surface area contributed by atoms with Gasteiger partial charge in [0.1, 0.15) is 6.04 Å². The van der Waals surface area contributed by atoms with E-state index in [0.29, 0.717) is 38.8 Å². The Morgan fingerprint density at radius 1 is 1.00 bits per heavy atom. The molecule has 7 nitrogen and oxygen atoms in total. The smallest absolute Gasteiger partial charge is 0.247 e. The van der Waals surface area contributed by atoms with Gasteiger partial charge in [-0.3, -0.25) is 19.6 Å². The fourth-order valence-electron chi connectivity index (χ4n) is 5.25. The summed E-state index contributed by atoms with van der Waals surface area (Å²) in [5, 5.41) is 12.3. The molecule has 0 bridgehead atoms. The van der Waals surface area contributed by atoms with Gasteiger partial charge < -0.3 is 10.2 Å². The van der Waals surface area contributed by atoms with Gasteiger partial charge in [-0.15, -0.1) is 0 Å². The van der Waals surface area contributed by atoms with E-state index in [4.69, 9.17) is 0 Å². The maximum absolute atomic E-state index is 13.6. The third kappa shape index (κ3) is 7.89. The van der Waals surface area contributed by atoms with Crippen molar-refractivity contribution in [2.45, 2.75) is 71.9 Å². The van der Waals surface area contributed by atoms with Crippen LogP contribution in [0.2, 0.25) is 0 Å². The molecule has 1 heterocycles. The van der Waals surface area contributed by atoms with E-state index in [1.807, 2.05) is 56.0 Å². The normalized spacial score (nSPS) is 17.7. The maximum atomic E-state index is 13.6. The molecule has 1 fully saturated rings. The molecule has 37 heavy (non-hydrogen) atoms. The number of hydrogen-bond donors (Lipinski definition) is 3. The van der Waals surface area contributed by atoms with Crippen LogP contribution in [0, 0.1) is 17.8 Å². The van der Waals surface area contributed by atoms with Gasteiger partial charge in [0.25, 0.3) is 0 Å². The summed E-state index contributed by atoms with van der Waals surface area (Å²) in [5.74, 6) is -2.00. The van der Waals surface area contributed by atoms with Crippen molar-refractivity contribution in [3.8, 4) is 11.1 Å². The Labute approximate surface area is 220 Å². The third-order valence-corrected chi connectivity index (χ3v) is 7.10. The van der Waals surface area contributed by atoms with Crippen molar-refractivity contribution in [2.24, 2.45) is 17.8 Å². The van der Waals surface area contributed by atoms with Crippen molar-refractivity contribution in [2.75, 3.05) is 6.54 Å². The zero-order chi connectivity index (χ0) is 26.8. The molecular weight excluding hydrogens is 466 g/mol. The Hall–Kier alpha value is -3.19. The third-order valence-electron chi connectivity index (χ3n) is 7.10. The molecule has 1 saturated heterocycles. The number of benzene rings is 2. The van der Waals surface area contributed by atoms with E-state index in [-0.39, 0.29) is 17.7 Å². The first-order valence-corrected chi connectivity index (χ1v) is 13.5. The maximum Gasteiger partial charge on any atom is 0.247 e. The average molecular weight is 508 g/mol. The number of carbonyl (C=O) groups excluding carboxylic acids is 3. The van der Waals surface area contributed by atoms with Crippen LogP contribution in [0.4, 0.5) is 0 Å². The number of hydroxylamine groups is 1. The summed E-state index contributed by atoms with van der Waals surface area (Å²) in [6.07, 6.45) is 3.97. The van der Waals surface area contributed by atoms with Crippen LogP contribution >= 0.6 is 0 Å². The molecule has 0 saturated carbocycles. The number of nitrogens with zero attached hydrogens (tertiary/aromatic N) is 1. The van der Waals surface area contributed by atoms with Gasteiger partial charge in [0.05, 0.1) is 5.92 Å². The van der Waals surface area contributed by atoms with E-state index in [0.717, 1.165) is 29.5 Å². The van der Waals surface area contributed by atoms with Crippen molar-refractivity contribution in [1.82, 2.24) is 15.7 Å². The van der Waals surface area contributed by atoms with Crippen molar-refractivity contribution >= 4 is 17.7 Å². The van der Waals surface area contributed by atoms with Crippen molar-refractivity contribution < 1.29 is 19.6 Å². The second-order valence-electron chi connectivity index (χ2n) is 10.5. The molecule has 0 radical (unpaired) electrons. The number of rotatable bonds is 11. The standard InChI is InChI=1S/C30H41N3O4/c1-4-11-25(29(35)32-37)26(18-21(2)3)28(34)31-27-16-8-9-17-33(30(27)36)20-22-12-10-15-24(19-22)23-13-6-5-7-14-23/h5-7,10,12-15,19,21,25-27,37H,4,8-9,11,16-18,20H2,1-3H3,(H,31,34)(H,32,35)/t25-,26?,27-/m0/s1. The molecule has 200 valence electrons. The highest BCUT2D eigenvalue weighted by Crippen LogP contribution is 2.27. The van der Waals surface area contributed by atoms with Gasteiger partial charge in [0, 0.05) is 19.0 Å². The predicted octanol–water partition coefficient (Wildman–Crippen LogP) is 4.93. The van der Waals surface area contributed by atoms with Gasteiger partial charge in [-0.2, -0.15) is 0 Å². The van der Waals surface area contributed by atoms with Crippen molar-refractivity contribution in [3.05, 3.63) is 60.2 Å². The highest BCUT2D eigenvalue weighted by molar-refractivity contribution is 5.91. The predicted molar refractivity (Wildman–Crippen MR) is 144 cm³/mol. The zero-order valence-corrected chi connectivity index (χ0v) is 22.3. The number of likely N-dealkylation sites (tertiary alicyclic amines) is 1. The Bertz CT molecular complexity index is 1040. The molecule has 0 aromatic heterocycles. The molecule has 2 aromatic rings. The van der Waals surface area contributed by atoms with Gasteiger partial charge in [-0.1, -0.05) is 75.7 Å². The molecule has 3 N–H and O–H groups in total. The largest absolute Gasteiger partial charge is 0.344 e. The van der Waals surface area contributed by atoms with Crippen LogP contribution in [0.1, 0.15) is 64.9 Å². The Morgan fingerprint density at radius 3 is 2.41 bits per heavy atom. The van der Waals surface area contributed by atoms with Crippen LogP contribution in [0.5, 0.6) is 0 Å². The van der Waals surface area contributed by atoms with E-state index < -0.39 is 23.8 Å². The molecule has 1 aliphatic rings. The first-order valence-electron chi connectivity index (χ1n) is 13.5. The lowest BCUT2D eigenvalue weighted by molar-refractivity contribution is -0.143. The summed E-state index contributed by atoms with van der Waals surface area (Å²) in [5.41, 5.74) is 5.01. The van der Waals surface area contributed by atoms with Gasteiger partial charge in [-0.25, -0.2) is 5.48 Å². The fraction of sp³-hybridized carbons (Fsp3) is 0.500. The summed E-state index contributed by atoms with van der Waals surface area (Å²) in [6, 6.07) is 17.7. The van der Waals surface area contributed by atoms with Crippen molar-refractivity contribution in [3.63, 3.8) is 0 Å². The number of nitrogens with one attached hydrogen (secondary N) is 2. The molecule has 3 atom stereocenters. The molecule has 3 amide bonds. The first-order chi connectivity index (χ1) is 17.8. The van der Waals surface area contributed by atoms with E-state index in [1.54, 1.807) is 5.48 Å². The Balaban J connectivity index is 1.75. The number of hydrogen-bond acceptors (Lipinski definition) is 4. The van der Waals surface area contributed by atoms with Crippen LogP contribution in [0.25, 0.3) is 11.1 Å². The second kappa shape index (κ2) is 13.9. The SMILES string of the molecule is CCC[C@H](C(=O)NO)C(CC(C)C)C(=O)N[C@H]1CCCCN(Cc2cccc(-c3ccccc3)c2)C1=O. The summed E-state index contributed by atoms with van der Waals surface area (Å²) in [7, 11) is 0. The van der Waals surface area contributed by atoms with Crippen LogP contribution in [0.15, 0.2) is 54.6 Å². The lowest BCUT2D eigenvalue weighted by Crippen LogP contribution is -2.51. The summed E-state index contributed by atoms with van der Waals surface area (Å²) >= 11 is 0. The van der Waals surface area contributed by atoms with Crippen LogP contribution in [-0.2, 0) is 20.9 Å². The quantitative estimate of drug-likeness (QED) is 0.297. The average Bonchev–Trinajstić information content (AvgIpc) is 3.07. The molecule has 3 rings (SSSR count). The molecule has 0 spiro atoms. The highest BCUT2D eigenvalue weighted by atomic mass is 16.5. The summed E-state index contributed by atoms with van der Waals surface area (Å²) in [4.78, 5) is 41.3. The Morgan fingerprint density at radius 2 is 1.73 bits per heavy atom. The molecule has 1 unspecified atom stereocenters. The minimum Gasteiger partial charge on any atom is -0.344 e. The van der Waals surface area contributed by atoms with Crippen LogP contribution in [0.3, 0.4) is 0 Å². The van der Waals surface area contributed by atoms with Gasteiger partial charge >= 0.3 is 0 Å². The number of carbonyl (C=O) groups is 3. The molecule has 1 aliphatic heterocycles. The van der Waals surface area contributed by atoms with Crippen LogP contribution in [-0.4, -0.2) is 40.4 Å². The molecule has 2 aromatic carbocycles. The van der Waals surface area contributed by atoms with E-state index in [1.165, 1.54) is 0 Å². The molecular formula is C30H41N3O4. The minimum atomic E-state index is -0.643. The van der Waals surface area contributed by atoms with E-state index in [2.05, 4.69) is 29.6 Å². The van der Waals surface area contributed by atoms with Gasteiger partial charge in [-0.05, 0) is 60.8 Å². The van der Waals surface area contributed by atoms with Crippen molar-refractivity contribution in [1.29, 1.82) is 0 Å². The second-order valence-corrected chi connectivity index (χ2v) is 10.5. The summed E-state index contributed by atoms with van der Waals surface area (Å²) < 4.78 is 0. The monoisotopic (exact) mass is 507 g/mol. The lowest BCUT2D eigenvalue weighted by Gasteiger charge is -2.29. The summed E-state index contributed by atoms with van der Waals surface area (Å²) in [6.45, 7) is 7.07. The van der Waals surface area contributed by atoms with Gasteiger partial charge in [0.15, 0.2) is 0 Å². The minimum absolute atomic E-state index is 0.0853. The number of amides is 3. The van der Waals surface area contributed by atoms with Gasteiger partial charge in [0.2, 0.25) is 17.7 Å². The highest BCUT2D eigenvalue weighted by Gasteiger charge is 2.36. The molecule has 7 heteroatoms. The van der Waals surface area contributed by atoms with E-state index >= 15 is 0 Å². The topological polar surface area (TPSA) is 98.7 Å². The lowest BCUT2D eigenvalue weighted by atomic mass is 9.81. The first kappa shape index (κ1) is 28.4. The van der Waals surface area contributed by atoms with Crippen LogP contribution < -0.4 is 10.8 Å². The Kier molecular flexibility index (Phi) is 10.7. The van der Waals surface area contributed by atoms with E-state index in [9.17, 15) is 19.6 Å². The molecule has 0 aliphatic carbocycles. The zero-order valence-electron chi connectivity index (χ0n) is 22.3. The fourth-order valence-corrected chi connectivity index (χ4v) is 5.25.